The second kappa shape index (κ2) is 4.21. The molecule has 2 nitrogen and oxygen atoms in total. The Bertz CT molecular complexity index is 402. The van der Waals surface area contributed by atoms with Crippen LogP contribution < -0.4 is 4.74 Å². The van der Waals surface area contributed by atoms with Crippen LogP contribution in [-0.4, -0.2) is 5.97 Å². The zero-order valence-electron chi connectivity index (χ0n) is 8.43. The maximum absolute atomic E-state index is 13.2. The molecule has 0 aliphatic carbocycles. The van der Waals surface area contributed by atoms with Gasteiger partial charge in [-0.05, 0) is 31.5 Å². The number of carbonyl (C=O) groups is 1. The van der Waals surface area contributed by atoms with Crippen LogP contribution in [0.3, 0.4) is 0 Å². The van der Waals surface area contributed by atoms with E-state index in [1.165, 1.54) is 13.8 Å². The van der Waals surface area contributed by atoms with Gasteiger partial charge in [-0.1, -0.05) is 6.58 Å². The molecule has 15 heavy (non-hydrogen) atoms. The summed E-state index contributed by atoms with van der Waals surface area (Å²) in [5, 5.41) is 0. The van der Waals surface area contributed by atoms with E-state index in [0.717, 1.165) is 12.1 Å². The number of hydrogen-bond donors (Lipinski definition) is 0. The van der Waals surface area contributed by atoms with E-state index in [4.69, 9.17) is 0 Å². The minimum atomic E-state index is -0.901. The molecular formula is C11H10F2O2. The summed E-state index contributed by atoms with van der Waals surface area (Å²) in [4.78, 5) is 11.0. The Morgan fingerprint density at radius 1 is 1.33 bits per heavy atom. The van der Waals surface area contributed by atoms with E-state index >= 15 is 0 Å². The van der Waals surface area contributed by atoms with Gasteiger partial charge in [0.15, 0.2) is 11.6 Å². The van der Waals surface area contributed by atoms with Crippen molar-refractivity contribution in [3.63, 3.8) is 0 Å². The number of ether oxygens (including phenoxy) is 1. The highest BCUT2D eigenvalue weighted by molar-refractivity contribution is 5.88. The maximum atomic E-state index is 13.2. The number of aryl methyl sites for hydroxylation is 1. The molecule has 0 saturated heterocycles. The largest absolute Gasteiger partial charge is 0.417 e. The van der Waals surface area contributed by atoms with Crippen molar-refractivity contribution in [3.8, 4) is 5.75 Å². The average Bonchev–Trinajstić information content (AvgIpc) is 2.10. The van der Waals surface area contributed by atoms with Crippen molar-refractivity contribution in [1.29, 1.82) is 0 Å². The molecule has 0 aliphatic heterocycles. The van der Waals surface area contributed by atoms with Gasteiger partial charge in [0.2, 0.25) is 5.75 Å². The topological polar surface area (TPSA) is 26.3 Å². The van der Waals surface area contributed by atoms with E-state index in [-0.39, 0.29) is 5.57 Å². The normalized spacial score (nSPS) is 9.87. The highest BCUT2D eigenvalue weighted by Gasteiger charge is 2.15. The lowest BCUT2D eigenvalue weighted by atomic mass is 10.2. The quantitative estimate of drug-likeness (QED) is 0.428. The number of rotatable bonds is 2. The Hall–Kier alpha value is -1.71. The predicted molar refractivity (Wildman–Crippen MR) is 51.5 cm³/mol. The minimum Gasteiger partial charge on any atom is -0.417 e. The van der Waals surface area contributed by atoms with E-state index in [9.17, 15) is 13.6 Å². The summed E-state index contributed by atoms with van der Waals surface area (Å²) in [5.74, 6) is -3.34. The molecule has 0 N–H and O–H groups in total. The van der Waals surface area contributed by atoms with Gasteiger partial charge in [-0.3, -0.25) is 0 Å². The van der Waals surface area contributed by atoms with Gasteiger partial charge in [-0.25, -0.2) is 13.6 Å². The molecule has 0 amide bonds. The van der Waals surface area contributed by atoms with Crippen LogP contribution in [0.15, 0.2) is 24.3 Å². The Morgan fingerprint density at radius 3 is 2.20 bits per heavy atom. The summed E-state index contributed by atoms with van der Waals surface area (Å²) in [6, 6.07) is 2.17. The Kier molecular flexibility index (Phi) is 3.19. The van der Waals surface area contributed by atoms with Gasteiger partial charge < -0.3 is 4.74 Å². The molecule has 0 fully saturated rings. The second-order valence-electron chi connectivity index (χ2n) is 3.23. The van der Waals surface area contributed by atoms with Gasteiger partial charge in [-0.15, -0.1) is 0 Å². The smallest absolute Gasteiger partial charge is 0.338 e. The van der Waals surface area contributed by atoms with Gasteiger partial charge in [-0.2, -0.15) is 0 Å². The van der Waals surface area contributed by atoms with Gasteiger partial charge in [0.05, 0.1) is 0 Å². The van der Waals surface area contributed by atoms with Crippen LogP contribution in [0.5, 0.6) is 5.75 Å². The predicted octanol–water partition coefficient (Wildman–Crippen LogP) is 2.75. The molecule has 0 aliphatic rings. The molecule has 1 aromatic rings. The number of esters is 1. The fraction of sp³-hybridized carbons (Fsp3) is 0.182. The number of carbonyl (C=O) groups excluding carboxylic acids is 1. The fourth-order valence-corrected chi connectivity index (χ4v) is 0.964. The summed E-state index contributed by atoms with van der Waals surface area (Å²) in [5.41, 5.74) is 0.495. The highest BCUT2D eigenvalue weighted by Crippen LogP contribution is 2.23. The zero-order chi connectivity index (χ0) is 11.6. The molecule has 0 unspecified atom stereocenters. The lowest BCUT2D eigenvalue weighted by Gasteiger charge is -2.06. The van der Waals surface area contributed by atoms with Crippen LogP contribution in [0.1, 0.15) is 12.5 Å². The van der Waals surface area contributed by atoms with E-state index < -0.39 is 23.4 Å². The van der Waals surface area contributed by atoms with Crippen LogP contribution in [0.4, 0.5) is 8.78 Å². The first-order chi connectivity index (χ1) is 6.91. The molecule has 1 rings (SSSR count). The summed E-state index contributed by atoms with van der Waals surface area (Å²) >= 11 is 0. The molecule has 0 radical (unpaired) electrons. The van der Waals surface area contributed by atoms with Crippen molar-refractivity contribution in [2.24, 2.45) is 0 Å². The second-order valence-corrected chi connectivity index (χ2v) is 3.23. The van der Waals surface area contributed by atoms with E-state index in [2.05, 4.69) is 11.3 Å². The van der Waals surface area contributed by atoms with Crippen LogP contribution in [0.2, 0.25) is 0 Å². The van der Waals surface area contributed by atoms with E-state index in [0.29, 0.717) is 5.56 Å². The van der Waals surface area contributed by atoms with E-state index in [1.54, 1.807) is 0 Å². The summed E-state index contributed by atoms with van der Waals surface area (Å²) in [6.45, 7) is 6.24. The summed E-state index contributed by atoms with van der Waals surface area (Å²) in [7, 11) is 0. The van der Waals surface area contributed by atoms with Crippen molar-refractivity contribution >= 4 is 5.97 Å². The maximum Gasteiger partial charge on any atom is 0.338 e. The molecule has 0 heterocycles. The van der Waals surface area contributed by atoms with Gasteiger partial charge >= 0.3 is 5.97 Å². The third kappa shape index (κ3) is 2.62. The molecule has 0 spiro atoms. The monoisotopic (exact) mass is 212 g/mol. The standard InChI is InChI=1S/C11H10F2O2/c1-6(2)11(14)15-10-8(12)4-7(3)5-9(10)13/h4-5H,1H2,2-3H3. The van der Waals surface area contributed by atoms with Crippen molar-refractivity contribution in [3.05, 3.63) is 41.5 Å². The third-order valence-electron chi connectivity index (χ3n) is 1.69. The van der Waals surface area contributed by atoms with Gasteiger partial charge in [0.1, 0.15) is 0 Å². The molecule has 0 bridgehead atoms. The lowest BCUT2D eigenvalue weighted by molar-refractivity contribution is -0.130. The Morgan fingerprint density at radius 2 is 1.80 bits per heavy atom. The molecular weight excluding hydrogens is 202 g/mol. The number of benzene rings is 1. The lowest BCUT2D eigenvalue weighted by Crippen LogP contribution is -2.10. The minimum absolute atomic E-state index is 0.0781. The fourth-order valence-electron chi connectivity index (χ4n) is 0.964. The first-order valence-corrected chi connectivity index (χ1v) is 4.25. The van der Waals surface area contributed by atoms with Crippen molar-refractivity contribution in [1.82, 2.24) is 0 Å². The van der Waals surface area contributed by atoms with Crippen LogP contribution in [-0.2, 0) is 4.79 Å². The molecule has 4 heteroatoms. The van der Waals surface area contributed by atoms with Crippen molar-refractivity contribution in [2.45, 2.75) is 13.8 Å². The Balaban J connectivity index is 3.05. The van der Waals surface area contributed by atoms with Crippen LogP contribution in [0.25, 0.3) is 0 Å². The third-order valence-corrected chi connectivity index (χ3v) is 1.69. The first kappa shape index (κ1) is 11.4. The van der Waals surface area contributed by atoms with E-state index in [1.807, 2.05) is 0 Å². The van der Waals surface area contributed by atoms with Gasteiger partial charge in [0, 0.05) is 5.57 Å². The Labute approximate surface area is 86.2 Å². The van der Waals surface area contributed by atoms with Crippen LogP contribution in [0, 0.1) is 18.6 Å². The number of halogens is 2. The molecule has 80 valence electrons. The first-order valence-electron chi connectivity index (χ1n) is 4.25. The molecule has 0 saturated carbocycles. The van der Waals surface area contributed by atoms with Gasteiger partial charge in [0.25, 0.3) is 0 Å². The number of hydrogen-bond acceptors (Lipinski definition) is 2. The summed E-state index contributed by atoms with van der Waals surface area (Å²) < 4.78 is 30.9. The molecule has 0 aromatic heterocycles. The van der Waals surface area contributed by atoms with Crippen molar-refractivity contribution < 1.29 is 18.3 Å². The SMILES string of the molecule is C=C(C)C(=O)Oc1c(F)cc(C)cc1F. The molecule has 0 atom stereocenters. The average molecular weight is 212 g/mol. The van der Waals surface area contributed by atoms with Crippen molar-refractivity contribution in [2.75, 3.05) is 0 Å². The van der Waals surface area contributed by atoms with Crippen LogP contribution >= 0.6 is 0 Å². The molecule has 1 aromatic carbocycles. The highest BCUT2D eigenvalue weighted by atomic mass is 19.1. The summed E-state index contributed by atoms with van der Waals surface area (Å²) in [6.07, 6.45) is 0. The zero-order valence-corrected chi connectivity index (χ0v) is 8.43.